The van der Waals surface area contributed by atoms with E-state index in [0.717, 1.165) is 22.5 Å². The topological polar surface area (TPSA) is 80.9 Å². The maximum Gasteiger partial charge on any atom is 0.238 e. The molecule has 0 aliphatic carbocycles. The van der Waals surface area contributed by atoms with Crippen LogP contribution < -0.4 is 5.73 Å². The standard InChI is InChI=1S/C13H10N6/c14-13-17-7-11-10(2-4-19(11)18-13)9-5-8-1-3-15-12(8)16-6-9/h1-8H,(H2,14,18). The number of nitrogens with two attached hydrogens (primary N) is 1. The number of anilines is 1. The van der Waals surface area contributed by atoms with Crippen molar-refractivity contribution < 1.29 is 0 Å². The maximum absolute atomic E-state index is 5.57. The Kier molecular flexibility index (Phi) is 1.94. The summed E-state index contributed by atoms with van der Waals surface area (Å²) in [6.07, 6.45) is 11.4. The molecule has 2 aromatic heterocycles. The number of nitrogen functional groups attached to an aromatic ring is 1. The number of hydrogen-bond acceptors (Lipinski definition) is 5. The summed E-state index contributed by atoms with van der Waals surface area (Å²) >= 11 is 0. The summed E-state index contributed by atoms with van der Waals surface area (Å²) in [7, 11) is 0. The minimum Gasteiger partial charge on any atom is -0.367 e. The van der Waals surface area contributed by atoms with E-state index in [4.69, 9.17) is 5.73 Å². The monoisotopic (exact) mass is 250 g/mol. The van der Waals surface area contributed by atoms with E-state index in [9.17, 15) is 0 Å². The molecule has 0 saturated heterocycles. The summed E-state index contributed by atoms with van der Waals surface area (Å²) in [6.45, 7) is 0. The molecule has 4 heterocycles. The van der Waals surface area contributed by atoms with E-state index >= 15 is 0 Å². The van der Waals surface area contributed by atoms with Crippen LogP contribution in [-0.2, 0) is 0 Å². The van der Waals surface area contributed by atoms with Crippen LogP contribution in [0.15, 0.2) is 46.8 Å². The van der Waals surface area contributed by atoms with Crippen LogP contribution in [0, 0.1) is 5.92 Å². The summed E-state index contributed by atoms with van der Waals surface area (Å²) in [5.74, 6) is 1.27. The molecular weight excluding hydrogens is 240 g/mol. The molecule has 2 aliphatic rings. The molecule has 0 radical (unpaired) electrons. The van der Waals surface area contributed by atoms with E-state index in [1.807, 2.05) is 24.6 Å². The fraction of sp³-hybridized carbons (Fsp3) is 0.0769. The molecular formula is C13H10N6. The van der Waals surface area contributed by atoms with Crippen molar-refractivity contribution in [2.45, 2.75) is 0 Å². The molecule has 0 saturated carbocycles. The normalized spacial score (nSPS) is 20.5. The van der Waals surface area contributed by atoms with Gasteiger partial charge < -0.3 is 5.73 Å². The van der Waals surface area contributed by atoms with Gasteiger partial charge in [0.05, 0.1) is 17.6 Å². The molecule has 1 atom stereocenters. The van der Waals surface area contributed by atoms with Gasteiger partial charge >= 0.3 is 0 Å². The lowest BCUT2D eigenvalue weighted by atomic mass is 9.99. The van der Waals surface area contributed by atoms with Crippen LogP contribution in [0.3, 0.4) is 0 Å². The van der Waals surface area contributed by atoms with E-state index < -0.39 is 0 Å². The van der Waals surface area contributed by atoms with E-state index in [1.54, 1.807) is 16.9 Å². The summed E-state index contributed by atoms with van der Waals surface area (Å²) in [5.41, 5.74) is 8.58. The average molecular weight is 250 g/mol. The minimum atomic E-state index is 0.171. The summed E-state index contributed by atoms with van der Waals surface area (Å²) < 4.78 is 1.72. The van der Waals surface area contributed by atoms with Gasteiger partial charge in [-0.2, -0.15) is 0 Å². The number of rotatable bonds is 1. The Morgan fingerprint density at radius 3 is 3.21 bits per heavy atom. The van der Waals surface area contributed by atoms with Crippen LogP contribution in [0.2, 0.25) is 0 Å². The zero-order valence-corrected chi connectivity index (χ0v) is 9.93. The highest BCUT2D eigenvalue weighted by Crippen LogP contribution is 2.26. The fourth-order valence-corrected chi connectivity index (χ4v) is 2.32. The van der Waals surface area contributed by atoms with Gasteiger partial charge in [0, 0.05) is 24.2 Å². The molecule has 0 bridgehead atoms. The number of allylic oxidation sites excluding steroid dienone is 1. The second-order valence-electron chi connectivity index (χ2n) is 4.41. The first-order valence-electron chi connectivity index (χ1n) is 5.92. The first kappa shape index (κ1) is 10.2. The Morgan fingerprint density at radius 1 is 1.32 bits per heavy atom. The van der Waals surface area contributed by atoms with Crippen molar-refractivity contribution in [3.8, 4) is 0 Å². The third kappa shape index (κ3) is 1.50. The Balaban J connectivity index is 1.85. The van der Waals surface area contributed by atoms with Gasteiger partial charge in [0.2, 0.25) is 5.95 Å². The van der Waals surface area contributed by atoms with E-state index in [0.29, 0.717) is 0 Å². The van der Waals surface area contributed by atoms with Crippen molar-refractivity contribution >= 4 is 29.1 Å². The van der Waals surface area contributed by atoms with Crippen molar-refractivity contribution in [3.63, 3.8) is 0 Å². The summed E-state index contributed by atoms with van der Waals surface area (Å²) in [6, 6.07) is 1.99. The lowest BCUT2D eigenvalue weighted by Gasteiger charge is -2.11. The Morgan fingerprint density at radius 2 is 2.26 bits per heavy atom. The summed E-state index contributed by atoms with van der Waals surface area (Å²) in [5, 5.41) is 4.13. The molecule has 2 aromatic rings. The molecule has 2 aliphatic heterocycles. The first-order valence-corrected chi connectivity index (χ1v) is 5.92. The second-order valence-corrected chi connectivity index (χ2v) is 4.41. The lowest BCUT2D eigenvalue weighted by molar-refractivity contribution is 0.917. The second kappa shape index (κ2) is 3.61. The largest absolute Gasteiger partial charge is 0.367 e. The smallest absolute Gasteiger partial charge is 0.238 e. The first-order chi connectivity index (χ1) is 9.31. The van der Waals surface area contributed by atoms with Gasteiger partial charge in [0.25, 0.3) is 0 Å². The lowest BCUT2D eigenvalue weighted by Crippen LogP contribution is -2.10. The highest BCUT2D eigenvalue weighted by molar-refractivity contribution is 6.19. The number of fused-ring (bicyclic) bond motifs is 2. The van der Waals surface area contributed by atoms with Crippen LogP contribution in [0.25, 0.3) is 11.1 Å². The number of dihydropyridines is 1. The molecule has 2 N–H and O–H groups in total. The number of hydrogen-bond donors (Lipinski definition) is 1. The SMILES string of the molecule is Nc1ncc2c(C3=CC4C=CN=C4N=C3)ccn2n1. The van der Waals surface area contributed by atoms with Gasteiger partial charge in [-0.15, -0.1) is 5.10 Å². The predicted octanol–water partition coefficient (Wildman–Crippen LogP) is 1.32. The van der Waals surface area contributed by atoms with Crippen molar-refractivity contribution in [2.75, 3.05) is 5.73 Å². The van der Waals surface area contributed by atoms with Crippen LogP contribution in [-0.4, -0.2) is 26.6 Å². The molecule has 19 heavy (non-hydrogen) atoms. The zero-order chi connectivity index (χ0) is 12.8. The third-order valence-electron chi connectivity index (χ3n) is 3.24. The van der Waals surface area contributed by atoms with Crippen molar-refractivity contribution in [1.29, 1.82) is 0 Å². The minimum absolute atomic E-state index is 0.171. The maximum atomic E-state index is 5.57. The molecule has 0 aromatic carbocycles. The van der Waals surface area contributed by atoms with Gasteiger partial charge in [-0.1, -0.05) is 12.2 Å². The van der Waals surface area contributed by atoms with Crippen molar-refractivity contribution in [2.24, 2.45) is 15.9 Å². The van der Waals surface area contributed by atoms with Gasteiger partial charge in [-0.25, -0.2) is 19.5 Å². The molecule has 0 spiro atoms. The van der Waals surface area contributed by atoms with Crippen LogP contribution in [0.5, 0.6) is 0 Å². The quantitative estimate of drug-likeness (QED) is 0.828. The molecule has 4 rings (SSSR count). The molecule has 92 valence electrons. The van der Waals surface area contributed by atoms with Crippen LogP contribution >= 0.6 is 0 Å². The Labute approximate surface area is 108 Å². The predicted molar refractivity (Wildman–Crippen MR) is 73.9 cm³/mol. The number of aromatic nitrogens is 3. The third-order valence-corrected chi connectivity index (χ3v) is 3.24. The molecule has 0 fully saturated rings. The molecule has 6 nitrogen and oxygen atoms in total. The number of aliphatic imine (C=N–C) groups is 2. The van der Waals surface area contributed by atoms with Gasteiger partial charge in [-0.05, 0) is 11.6 Å². The average Bonchev–Trinajstić information content (AvgIpc) is 3.02. The number of amidine groups is 1. The van der Waals surface area contributed by atoms with Crippen LogP contribution in [0.4, 0.5) is 5.95 Å². The van der Waals surface area contributed by atoms with Crippen molar-refractivity contribution in [3.05, 3.63) is 42.4 Å². The summed E-state index contributed by atoms with van der Waals surface area (Å²) in [4.78, 5) is 12.6. The highest BCUT2D eigenvalue weighted by Gasteiger charge is 2.19. The van der Waals surface area contributed by atoms with E-state index in [1.165, 1.54) is 0 Å². The van der Waals surface area contributed by atoms with Gasteiger partial charge in [-0.3, -0.25) is 0 Å². The number of nitrogens with zero attached hydrogens (tertiary/aromatic N) is 5. The van der Waals surface area contributed by atoms with Crippen molar-refractivity contribution in [1.82, 2.24) is 14.6 Å². The molecule has 6 heteroatoms. The molecule has 0 amide bonds. The highest BCUT2D eigenvalue weighted by atomic mass is 15.3. The fourth-order valence-electron chi connectivity index (χ4n) is 2.32. The Hall–Kier alpha value is -2.76. The van der Waals surface area contributed by atoms with Gasteiger partial charge in [0.15, 0.2) is 0 Å². The van der Waals surface area contributed by atoms with E-state index in [2.05, 4.69) is 26.1 Å². The van der Waals surface area contributed by atoms with E-state index in [-0.39, 0.29) is 11.9 Å². The van der Waals surface area contributed by atoms with Gasteiger partial charge in [0.1, 0.15) is 5.84 Å². The van der Waals surface area contributed by atoms with Crippen LogP contribution in [0.1, 0.15) is 5.56 Å². The molecule has 1 unspecified atom stereocenters. The Bertz CT molecular complexity index is 793. The zero-order valence-electron chi connectivity index (χ0n) is 9.93.